The number of hydrogen-bond acceptors (Lipinski definition) is 9. The number of imidazole rings is 2. The molecule has 3 aliphatic rings. The SMILES string of the molecule is COC(=O)N[C@H](C(=O)N1CCC[C@H]1c1ncc(-c2ccc3c(c2)CN(C)C(=O)c2cc(-c4cnc([C@@H]5CCCN5C(=O)[C@@H](NC(=O)OC)C(C)C)[nH]4)ccc2-3)[nH]1)C(C)C. The molecule has 0 bridgehead atoms. The number of amides is 5. The van der Waals surface area contributed by atoms with Crippen LogP contribution in [0.5, 0.6) is 0 Å². The maximum Gasteiger partial charge on any atom is 0.407 e. The van der Waals surface area contributed by atoms with Crippen LogP contribution < -0.4 is 10.6 Å². The number of H-pyrrole nitrogens is 2. The summed E-state index contributed by atoms with van der Waals surface area (Å²) in [6, 6.07) is 9.95. The van der Waals surface area contributed by atoms with Gasteiger partial charge in [-0.25, -0.2) is 19.6 Å². The van der Waals surface area contributed by atoms with Gasteiger partial charge < -0.3 is 44.8 Å². The van der Waals surface area contributed by atoms with Crippen molar-refractivity contribution >= 4 is 29.9 Å². The molecule has 5 heterocycles. The number of fused-ring (bicyclic) bond motifs is 3. The molecule has 2 fully saturated rings. The molecule has 7 rings (SSSR count). The van der Waals surface area contributed by atoms with Gasteiger partial charge in [0.25, 0.3) is 5.91 Å². The predicted octanol–water partition coefficient (Wildman–Crippen LogP) is 5.81. The number of nitrogens with zero attached hydrogens (tertiary/aromatic N) is 5. The van der Waals surface area contributed by atoms with Crippen molar-refractivity contribution in [1.82, 2.24) is 45.3 Å². The van der Waals surface area contributed by atoms with Gasteiger partial charge in [0, 0.05) is 37.8 Å². The Labute approximate surface area is 343 Å². The van der Waals surface area contributed by atoms with E-state index in [-0.39, 0.29) is 41.6 Å². The average Bonchev–Trinajstić information content (AvgIpc) is 4.07. The number of rotatable bonds is 10. The molecule has 2 aromatic carbocycles. The monoisotopic (exact) mass is 807 g/mol. The van der Waals surface area contributed by atoms with Crippen LogP contribution >= 0.6 is 0 Å². The summed E-state index contributed by atoms with van der Waals surface area (Å²) >= 11 is 0. The lowest BCUT2D eigenvalue weighted by molar-refractivity contribution is -0.136. The number of carbonyl (C=O) groups is 5. The molecule has 2 saturated heterocycles. The third kappa shape index (κ3) is 8.12. The second-order valence-corrected chi connectivity index (χ2v) is 16.3. The van der Waals surface area contributed by atoms with Crippen molar-refractivity contribution in [3.05, 3.63) is 71.6 Å². The third-order valence-electron chi connectivity index (χ3n) is 11.7. The first-order valence-corrected chi connectivity index (χ1v) is 20.2. The summed E-state index contributed by atoms with van der Waals surface area (Å²) in [5.74, 6) is 0.581. The Balaban J connectivity index is 1.11. The number of aromatic nitrogens is 4. The number of likely N-dealkylation sites (tertiary alicyclic amines) is 2. The van der Waals surface area contributed by atoms with Crippen LogP contribution in [0.4, 0.5) is 9.59 Å². The van der Waals surface area contributed by atoms with Gasteiger partial charge in [0.2, 0.25) is 11.8 Å². The van der Waals surface area contributed by atoms with Crippen LogP contribution in [0.2, 0.25) is 0 Å². The minimum atomic E-state index is -0.733. The van der Waals surface area contributed by atoms with Crippen molar-refractivity contribution in [2.45, 2.75) is 84.1 Å². The lowest BCUT2D eigenvalue weighted by atomic mass is 9.93. The standard InChI is InChI=1S/C43H53N9O7/c1-23(2)35(48-42(56)58-6)40(54)51-16-8-10-33(51)37-44-20-31(46-37)25-12-14-28-27(18-25)22-50(5)39(53)30-19-26(13-15-29(28)30)32-21-45-38(47-32)34-11-9-17-52(34)41(55)36(24(3)4)49-43(57)59-7/h12-15,18-21,23-24,33-36H,8-11,16-17,22H2,1-7H3,(H,44,46)(H,45,47)(H,48,56)(H,49,57)/t33-,34-,35-,36-/m0/s1. The number of alkyl carbamates (subject to hydrolysis) is 2. The number of methoxy groups -OCH3 is 2. The summed E-state index contributed by atoms with van der Waals surface area (Å²) in [6.45, 7) is 9.04. The second kappa shape index (κ2) is 17.0. The smallest absolute Gasteiger partial charge is 0.407 e. The van der Waals surface area contributed by atoms with Gasteiger partial charge in [-0.3, -0.25) is 14.4 Å². The van der Waals surface area contributed by atoms with E-state index in [1.807, 2.05) is 58.0 Å². The normalized spacial score (nSPS) is 18.7. The van der Waals surface area contributed by atoms with Crippen molar-refractivity contribution in [3.63, 3.8) is 0 Å². The van der Waals surface area contributed by atoms with E-state index < -0.39 is 24.3 Å². The van der Waals surface area contributed by atoms with Crippen LogP contribution in [0, 0.1) is 11.8 Å². The van der Waals surface area contributed by atoms with Crippen molar-refractivity contribution in [2.75, 3.05) is 34.4 Å². The zero-order valence-electron chi connectivity index (χ0n) is 34.6. The zero-order chi connectivity index (χ0) is 42.1. The quantitative estimate of drug-likeness (QED) is 0.153. The van der Waals surface area contributed by atoms with Gasteiger partial charge in [-0.1, -0.05) is 52.0 Å². The fourth-order valence-electron chi connectivity index (χ4n) is 8.50. The molecule has 4 atom stereocenters. The van der Waals surface area contributed by atoms with Gasteiger partial charge in [0.05, 0.1) is 50.1 Å². The maximum atomic E-state index is 13.9. The molecule has 312 valence electrons. The molecule has 0 unspecified atom stereocenters. The van der Waals surface area contributed by atoms with E-state index in [0.29, 0.717) is 36.8 Å². The van der Waals surface area contributed by atoms with Crippen LogP contribution in [-0.4, -0.2) is 111 Å². The van der Waals surface area contributed by atoms with Gasteiger partial charge in [0.1, 0.15) is 23.7 Å². The van der Waals surface area contributed by atoms with Crippen molar-refractivity contribution in [3.8, 4) is 33.6 Å². The van der Waals surface area contributed by atoms with Crippen molar-refractivity contribution < 1.29 is 33.4 Å². The number of benzene rings is 2. The number of carbonyl (C=O) groups excluding carboxylic acids is 5. The summed E-state index contributed by atoms with van der Waals surface area (Å²) in [5, 5.41) is 5.38. The number of nitrogens with one attached hydrogen (secondary N) is 4. The Kier molecular flexibility index (Phi) is 11.8. The molecule has 4 N–H and O–H groups in total. The summed E-state index contributed by atoms with van der Waals surface area (Å²) in [5.41, 5.74) is 6.52. The van der Waals surface area contributed by atoms with Crippen LogP contribution in [-0.2, 0) is 25.6 Å². The highest BCUT2D eigenvalue weighted by molar-refractivity contribution is 6.03. The molecule has 59 heavy (non-hydrogen) atoms. The summed E-state index contributed by atoms with van der Waals surface area (Å²) in [7, 11) is 4.35. The maximum absolute atomic E-state index is 13.9. The van der Waals surface area contributed by atoms with Crippen molar-refractivity contribution in [2.24, 2.45) is 11.8 Å². The lowest BCUT2D eigenvalue weighted by Gasteiger charge is -2.30. The number of ether oxygens (including phenoxy) is 2. The lowest BCUT2D eigenvalue weighted by Crippen LogP contribution is -2.51. The molecule has 3 aliphatic heterocycles. The van der Waals surface area contributed by atoms with Crippen LogP contribution in [0.25, 0.3) is 33.6 Å². The number of aromatic amines is 2. The first-order chi connectivity index (χ1) is 28.3. The van der Waals surface area contributed by atoms with Gasteiger partial charge in [-0.2, -0.15) is 0 Å². The van der Waals surface area contributed by atoms with E-state index >= 15 is 0 Å². The highest BCUT2D eigenvalue weighted by atomic mass is 16.5. The zero-order valence-corrected chi connectivity index (χ0v) is 34.6. The van der Waals surface area contributed by atoms with Crippen LogP contribution in [0.1, 0.15) is 93.0 Å². The van der Waals surface area contributed by atoms with Gasteiger partial charge in [-0.15, -0.1) is 0 Å². The summed E-state index contributed by atoms with van der Waals surface area (Å²) in [4.78, 5) is 86.9. The highest BCUT2D eigenvalue weighted by Crippen LogP contribution is 2.39. The predicted molar refractivity (Wildman–Crippen MR) is 219 cm³/mol. The summed E-state index contributed by atoms with van der Waals surface area (Å²) in [6.07, 6.45) is 5.29. The van der Waals surface area contributed by atoms with Crippen LogP contribution in [0.3, 0.4) is 0 Å². The molecule has 0 saturated carbocycles. The Morgan fingerprint density at radius 3 is 1.66 bits per heavy atom. The van der Waals surface area contributed by atoms with E-state index in [1.54, 1.807) is 34.1 Å². The molecular formula is C43H53N9O7. The van der Waals surface area contributed by atoms with E-state index in [1.165, 1.54) is 14.2 Å². The minimum Gasteiger partial charge on any atom is -0.453 e. The topological polar surface area (TPSA) is 195 Å². The van der Waals surface area contributed by atoms with Gasteiger partial charge >= 0.3 is 12.2 Å². The van der Waals surface area contributed by atoms with Gasteiger partial charge in [-0.05, 0) is 71.9 Å². The molecule has 0 radical (unpaired) electrons. The Hall–Kier alpha value is -6.19. The first kappa shape index (κ1) is 41.0. The fourth-order valence-corrected chi connectivity index (χ4v) is 8.50. The average molecular weight is 808 g/mol. The summed E-state index contributed by atoms with van der Waals surface area (Å²) < 4.78 is 9.54. The molecule has 16 nitrogen and oxygen atoms in total. The fraction of sp³-hybridized carbons (Fsp3) is 0.465. The third-order valence-corrected chi connectivity index (χ3v) is 11.7. The Bertz CT molecular complexity index is 2250. The molecular weight excluding hydrogens is 755 g/mol. The van der Waals surface area contributed by atoms with E-state index in [2.05, 4.69) is 26.7 Å². The molecule has 4 aromatic rings. The molecule has 2 aromatic heterocycles. The Morgan fingerprint density at radius 1 is 0.712 bits per heavy atom. The van der Waals surface area contributed by atoms with Crippen molar-refractivity contribution in [1.29, 1.82) is 0 Å². The molecule has 16 heteroatoms. The second-order valence-electron chi connectivity index (χ2n) is 16.3. The largest absolute Gasteiger partial charge is 0.453 e. The highest BCUT2D eigenvalue weighted by Gasteiger charge is 2.39. The van der Waals surface area contributed by atoms with E-state index in [9.17, 15) is 24.0 Å². The Morgan fingerprint density at radius 2 is 1.19 bits per heavy atom. The van der Waals surface area contributed by atoms with Gasteiger partial charge in [0.15, 0.2) is 0 Å². The minimum absolute atomic E-state index is 0.110. The molecule has 5 amide bonds. The first-order valence-electron chi connectivity index (χ1n) is 20.2. The molecule has 0 aliphatic carbocycles. The van der Waals surface area contributed by atoms with E-state index in [0.717, 1.165) is 64.9 Å². The van der Waals surface area contributed by atoms with E-state index in [4.69, 9.17) is 19.4 Å². The van der Waals surface area contributed by atoms with Crippen LogP contribution in [0.15, 0.2) is 48.8 Å². The number of hydrogen-bond donors (Lipinski definition) is 4. The molecule has 0 spiro atoms.